The van der Waals surface area contributed by atoms with E-state index >= 15 is 0 Å². The van der Waals surface area contributed by atoms with Crippen molar-refractivity contribution < 1.29 is 14.6 Å². The van der Waals surface area contributed by atoms with Gasteiger partial charge in [-0.15, -0.1) is 0 Å². The molecule has 0 spiro atoms. The maximum Gasteiger partial charge on any atom is 0.0892 e. The number of aliphatic hydroxyl groups is 1. The number of hydrogen-bond acceptors (Lipinski definition) is 3. The normalized spacial score (nSPS) is 39.8. The second-order valence-electron chi connectivity index (χ2n) is 4.96. The molecule has 88 valence electrons. The van der Waals surface area contributed by atoms with Gasteiger partial charge >= 0.3 is 0 Å². The second kappa shape index (κ2) is 4.81. The Bertz CT molecular complexity index is 199. The molecule has 3 heteroatoms. The van der Waals surface area contributed by atoms with Gasteiger partial charge in [0.05, 0.1) is 24.4 Å². The lowest BCUT2D eigenvalue weighted by Gasteiger charge is -2.22. The van der Waals surface area contributed by atoms with E-state index in [-0.39, 0.29) is 18.1 Å². The molecular weight excluding hydrogens is 192 g/mol. The van der Waals surface area contributed by atoms with Crippen LogP contribution in [0.25, 0.3) is 0 Å². The first-order valence-electron chi connectivity index (χ1n) is 6.13. The molecule has 0 aliphatic carbocycles. The fourth-order valence-electron chi connectivity index (χ4n) is 2.34. The van der Waals surface area contributed by atoms with E-state index in [2.05, 4.69) is 6.92 Å². The van der Waals surface area contributed by atoms with Crippen molar-refractivity contribution in [1.29, 1.82) is 0 Å². The SMILES string of the molecule is C[C@H]([C@@H]1O[C@H]1CC1CCCCO1)[C@H](C)O. The predicted molar refractivity (Wildman–Crippen MR) is 57.7 cm³/mol. The van der Waals surface area contributed by atoms with Gasteiger partial charge in [0.15, 0.2) is 0 Å². The molecule has 2 aliphatic heterocycles. The predicted octanol–water partition coefficient (Wildman–Crippen LogP) is 1.73. The molecule has 0 amide bonds. The van der Waals surface area contributed by atoms with Crippen LogP contribution in [-0.4, -0.2) is 36.1 Å². The standard InChI is InChI=1S/C12H22O3/c1-8(9(2)13)12-11(15-12)7-10-5-3-4-6-14-10/h8-13H,3-7H2,1-2H3/t8-,9-,10?,11-,12-/m0/s1. The molecule has 0 bridgehead atoms. The topological polar surface area (TPSA) is 42.0 Å². The molecule has 5 atom stereocenters. The summed E-state index contributed by atoms with van der Waals surface area (Å²) in [6.07, 6.45) is 5.40. The van der Waals surface area contributed by atoms with E-state index in [1.165, 1.54) is 19.3 Å². The van der Waals surface area contributed by atoms with Gasteiger partial charge in [-0.2, -0.15) is 0 Å². The molecular formula is C12H22O3. The first-order chi connectivity index (χ1) is 7.18. The summed E-state index contributed by atoms with van der Waals surface area (Å²) in [6.45, 7) is 4.80. The summed E-state index contributed by atoms with van der Waals surface area (Å²) in [5, 5.41) is 9.44. The third-order valence-electron chi connectivity index (χ3n) is 3.67. The number of epoxide rings is 1. The molecule has 2 aliphatic rings. The van der Waals surface area contributed by atoms with E-state index in [1.54, 1.807) is 0 Å². The lowest BCUT2D eigenvalue weighted by molar-refractivity contribution is 0.00707. The van der Waals surface area contributed by atoms with E-state index in [4.69, 9.17) is 9.47 Å². The van der Waals surface area contributed by atoms with E-state index in [9.17, 15) is 5.11 Å². The third kappa shape index (κ3) is 2.92. The maximum atomic E-state index is 9.44. The van der Waals surface area contributed by atoms with Crippen LogP contribution in [0.2, 0.25) is 0 Å². The summed E-state index contributed by atoms with van der Waals surface area (Å²) >= 11 is 0. The van der Waals surface area contributed by atoms with E-state index in [0.717, 1.165) is 13.0 Å². The zero-order chi connectivity index (χ0) is 10.8. The highest BCUT2D eigenvalue weighted by atomic mass is 16.6. The van der Waals surface area contributed by atoms with Crippen molar-refractivity contribution in [1.82, 2.24) is 0 Å². The molecule has 2 fully saturated rings. The van der Waals surface area contributed by atoms with Gasteiger partial charge in [0.25, 0.3) is 0 Å². The van der Waals surface area contributed by atoms with Crippen molar-refractivity contribution in [3.8, 4) is 0 Å². The number of aliphatic hydroxyl groups excluding tert-OH is 1. The highest BCUT2D eigenvalue weighted by Gasteiger charge is 2.45. The number of hydrogen-bond donors (Lipinski definition) is 1. The van der Waals surface area contributed by atoms with Gasteiger partial charge < -0.3 is 14.6 Å². The Kier molecular flexibility index (Phi) is 3.65. The molecule has 0 aromatic rings. The summed E-state index contributed by atoms with van der Waals surface area (Å²) < 4.78 is 11.3. The second-order valence-corrected chi connectivity index (χ2v) is 4.96. The first-order valence-corrected chi connectivity index (χ1v) is 6.13. The zero-order valence-electron chi connectivity index (χ0n) is 9.69. The molecule has 0 saturated carbocycles. The van der Waals surface area contributed by atoms with Crippen LogP contribution in [0.5, 0.6) is 0 Å². The first kappa shape index (κ1) is 11.4. The molecule has 2 heterocycles. The molecule has 0 aromatic heterocycles. The van der Waals surface area contributed by atoms with Crippen molar-refractivity contribution in [2.45, 2.75) is 63.9 Å². The molecule has 1 unspecified atom stereocenters. The summed E-state index contributed by atoms with van der Waals surface area (Å²) in [6, 6.07) is 0. The van der Waals surface area contributed by atoms with Gasteiger partial charge in [-0.3, -0.25) is 0 Å². The Hall–Kier alpha value is -0.120. The van der Waals surface area contributed by atoms with Gasteiger partial charge in [-0.05, 0) is 26.2 Å². The van der Waals surface area contributed by atoms with Crippen molar-refractivity contribution in [3.05, 3.63) is 0 Å². The third-order valence-corrected chi connectivity index (χ3v) is 3.67. The van der Waals surface area contributed by atoms with Gasteiger partial charge in [0, 0.05) is 18.9 Å². The summed E-state index contributed by atoms with van der Waals surface area (Å²) in [5.74, 6) is 0.249. The molecule has 2 saturated heterocycles. The van der Waals surface area contributed by atoms with E-state index in [1.807, 2.05) is 6.92 Å². The van der Waals surface area contributed by atoms with Crippen LogP contribution in [0.1, 0.15) is 39.5 Å². The fourth-order valence-corrected chi connectivity index (χ4v) is 2.34. The molecule has 3 nitrogen and oxygen atoms in total. The lowest BCUT2D eigenvalue weighted by Crippen LogP contribution is -2.24. The summed E-state index contributed by atoms with van der Waals surface area (Å²) in [7, 11) is 0. The summed E-state index contributed by atoms with van der Waals surface area (Å²) in [4.78, 5) is 0. The van der Waals surface area contributed by atoms with Crippen molar-refractivity contribution in [3.63, 3.8) is 0 Å². The average Bonchev–Trinajstić information content (AvgIpc) is 2.97. The Labute approximate surface area is 91.8 Å². The van der Waals surface area contributed by atoms with Crippen LogP contribution in [0.15, 0.2) is 0 Å². The maximum absolute atomic E-state index is 9.44. The van der Waals surface area contributed by atoms with Crippen LogP contribution in [-0.2, 0) is 9.47 Å². The number of ether oxygens (including phenoxy) is 2. The molecule has 2 rings (SSSR count). The Morgan fingerprint density at radius 3 is 2.73 bits per heavy atom. The van der Waals surface area contributed by atoms with Gasteiger partial charge in [0.1, 0.15) is 0 Å². The largest absolute Gasteiger partial charge is 0.393 e. The van der Waals surface area contributed by atoms with Crippen molar-refractivity contribution >= 4 is 0 Å². The fraction of sp³-hybridized carbons (Fsp3) is 1.00. The van der Waals surface area contributed by atoms with Crippen LogP contribution in [0, 0.1) is 5.92 Å². The minimum absolute atomic E-state index is 0.249. The number of rotatable bonds is 4. The lowest BCUT2D eigenvalue weighted by atomic mass is 9.96. The van der Waals surface area contributed by atoms with Crippen molar-refractivity contribution in [2.24, 2.45) is 5.92 Å². The molecule has 0 radical (unpaired) electrons. The Morgan fingerprint density at radius 2 is 2.13 bits per heavy atom. The van der Waals surface area contributed by atoms with Crippen LogP contribution >= 0.6 is 0 Å². The van der Waals surface area contributed by atoms with Gasteiger partial charge in [0.2, 0.25) is 0 Å². The van der Waals surface area contributed by atoms with Crippen LogP contribution in [0.4, 0.5) is 0 Å². The van der Waals surface area contributed by atoms with Gasteiger partial charge in [-0.1, -0.05) is 6.92 Å². The molecule has 15 heavy (non-hydrogen) atoms. The smallest absolute Gasteiger partial charge is 0.0892 e. The van der Waals surface area contributed by atoms with Crippen LogP contribution < -0.4 is 0 Å². The molecule has 0 aromatic carbocycles. The van der Waals surface area contributed by atoms with Crippen LogP contribution in [0.3, 0.4) is 0 Å². The van der Waals surface area contributed by atoms with Gasteiger partial charge in [-0.25, -0.2) is 0 Å². The van der Waals surface area contributed by atoms with Crippen molar-refractivity contribution in [2.75, 3.05) is 6.61 Å². The minimum atomic E-state index is -0.271. The highest BCUT2D eigenvalue weighted by Crippen LogP contribution is 2.36. The Balaban J connectivity index is 1.69. The molecule has 1 N–H and O–H groups in total. The highest BCUT2D eigenvalue weighted by molar-refractivity contribution is 4.92. The monoisotopic (exact) mass is 214 g/mol. The average molecular weight is 214 g/mol. The quantitative estimate of drug-likeness (QED) is 0.725. The van der Waals surface area contributed by atoms with E-state index < -0.39 is 0 Å². The zero-order valence-corrected chi connectivity index (χ0v) is 9.69. The minimum Gasteiger partial charge on any atom is -0.393 e. The Morgan fingerprint density at radius 1 is 1.33 bits per heavy atom. The summed E-state index contributed by atoms with van der Waals surface area (Å²) in [5.41, 5.74) is 0. The van der Waals surface area contributed by atoms with E-state index in [0.29, 0.717) is 12.2 Å².